The zero-order valence-electron chi connectivity index (χ0n) is 10.2. The Labute approximate surface area is 95.0 Å². The van der Waals surface area contributed by atoms with Gasteiger partial charge in [-0.05, 0) is 40.5 Å². The number of carbonyl (C=O) groups excluding carboxylic acids is 1. The Morgan fingerprint density at radius 1 is 1.44 bits per heavy atom. The molecule has 0 N–H and O–H groups in total. The Bertz CT molecular complexity index is 246. The molecule has 0 amide bonds. The molecule has 0 fully saturated rings. The smallest absolute Gasteiger partial charge is 0.306 e. The fraction of sp³-hybridized carbons (Fsp3) is 0.900. The van der Waals surface area contributed by atoms with Crippen LogP contribution in [0.2, 0.25) is 0 Å². The molecular formula is C10H19NO5. The van der Waals surface area contributed by atoms with Gasteiger partial charge in [-0.1, -0.05) is 0 Å². The van der Waals surface area contributed by atoms with Crippen molar-refractivity contribution in [1.82, 2.24) is 0 Å². The highest BCUT2D eigenvalue weighted by Crippen LogP contribution is 2.11. The van der Waals surface area contributed by atoms with Crippen molar-refractivity contribution in [1.29, 1.82) is 0 Å². The van der Waals surface area contributed by atoms with E-state index in [2.05, 4.69) is 4.84 Å². The molecule has 0 aliphatic rings. The minimum atomic E-state index is -0.821. The number of carbonyl (C=O) groups is 1. The summed E-state index contributed by atoms with van der Waals surface area (Å²) in [5.41, 5.74) is -0.486. The summed E-state index contributed by atoms with van der Waals surface area (Å²) in [5.74, 6) is -0.291. The molecule has 0 spiro atoms. The van der Waals surface area contributed by atoms with Crippen molar-refractivity contribution >= 4 is 5.97 Å². The lowest BCUT2D eigenvalue weighted by molar-refractivity contribution is -0.767. The molecule has 6 heteroatoms. The second-order valence-corrected chi connectivity index (χ2v) is 4.62. The summed E-state index contributed by atoms with van der Waals surface area (Å²) in [6.07, 6.45) is 0.741. The van der Waals surface area contributed by atoms with E-state index < -0.39 is 16.8 Å². The minimum absolute atomic E-state index is 0.253. The van der Waals surface area contributed by atoms with Crippen LogP contribution in [0.3, 0.4) is 0 Å². The summed E-state index contributed by atoms with van der Waals surface area (Å²) < 4.78 is 5.09. The molecule has 0 saturated heterocycles. The van der Waals surface area contributed by atoms with Crippen LogP contribution in [-0.2, 0) is 14.4 Å². The molecule has 0 bridgehead atoms. The monoisotopic (exact) mass is 233 g/mol. The van der Waals surface area contributed by atoms with Crippen LogP contribution in [0.1, 0.15) is 47.0 Å². The molecule has 0 heterocycles. The van der Waals surface area contributed by atoms with Crippen molar-refractivity contribution in [2.45, 2.75) is 58.7 Å². The second kappa shape index (κ2) is 6.30. The van der Waals surface area contributed by atoms with Gasteiger partial charge < -0.3 is 9.57 Å². The van der Waals surface area contributed by atoms with E-state index in [0.29, 0.717) is 12.8 Å². The third-order valence-electron chi connectivity index (χ3n) is 1.68. The van der Waals surface area contributed by atoms with Gasteiger partial charge in [-0.3, -0.25) is 4.79 Å². The standard InChI is InChI=1S/C10H19NO5/c1-8(16-11(13)14)6-5-7-9(12)15-10(2,3)4/h8H,5-7H2,1-4H3. The Morgan fingerprint density at radius 2 is 2.00 bits per heavy atom. The molecule has 94 valence electrons. The minimum Gasteiger partial charge on any atom is -0.460 e. The lowest BCUT2D eigenvalue weighted by atomic mass is 10.1. The lowest BCUT2D eigenvalue weighted by Crippen LogP contribution is -2.24. The normalized spacial score (nSPS) is 13.0. The Kier molecular flexibility index (Phi) is 5.77. The summed E-state index contributed by atoms with van der Waals surface area (Å²) in [5, 5.41) is 9.16. The average molecular weight is 233 g/mol. The zero-order valence-corrected chi connectivity index (χ0v) is 10.2. The first-order chi connectivity index (χ1) is 7.20. The van der Waals surface area contributed by atoms with Gasteiger partial charge in [0.1, 0.15) is 11.7 Å². The zero-order chi connectivity index (χ0) is 12.8. The van der Waals surface area contributed by atoms with Gasteiger partial charge in [0.25, 0.3) is 5.09 Å². The quantitative estimate of drug-likeness (QED) is 0.398. The molecule has 0 radical (unpaired) electrons. The van der Waals surface area contributed by atoms with Gasteiger partial charge >= 0.3 is 5.97 Å². The maximum atomic E-state index is 11.3. The van der Waals surface area contributed by atoms with Gasteiger partial charge in [0.2, 0.25) is 0 Å². The fourth-order valence-electron chi connectivity index (χ4n) is 1.13. The van der Waals surface area contributed by atoms with E-state index in [9.17, 15) is 14.9 Å². The van der Waals surface area contributed by atoms with Crippen LogP contribution in [0.4, 0.5) is 0 Å². The van der Waals surface area contributed by atoms with E-state index in [1.54, 1.807) is 27.7 Å². The molecule has 0 rings (SSSR count). The van der Waals surface area contributed by atoms with Crippen molar-refractivity contribution in [3.63, 3.8) is 0 Å². The van der Waals surface area contributed by atoms with Crippen LogP contribution in [0.25, 0.3) is 0 Å². The molecular weight excluding hydrogens is 214 g/mol. The van der Waals surface area contributed by atoms with Crippen LogP contribution in [0, 0.1) is 10.1 Å². The molecule has 0 aromatic rings. The Balaban J connectivity index is 3.66. The molecule has 1 atom stereocenters. The molecule has 6 nitrogen and oxygen atoms in total. The number of rotatable bonds is 6. The molecule has 0 aromatic heterocycles. The Hall–Kier alpha value is -1.33. The first-order valence-corrected chi connectivity index (χ1v) is 5.23. The van der Waals surface area contributed by atoms with Gasteiger partial charge in [0.15, 0.2) is 0 Å². The first-order valence-electron chi connectivity index (χ1n) is 5.23. The van der Waals surface area contributed by atoms with E-state index in [1.807, 2.05) is 0 Å². The van der Waals surface area contributed by atoms with Gasteiger partial charge in [-0.15, -0.1) is 10.1 Å². The van der Waals surface area contributed by atoms with Crippen LogP contribution in [-0.4, -0.2) is 22.8 Å². The molecule has 0 aromatic carbocycles. The summed E-state index contributed by atoms with van der Waals surface area (Å²) >= 11 is 0. The predicted octanol–water partition coefficient (Wildman–Crippen LogP) is 2.10. The number of hydrogen-bond donors (Lipinski definition) is 0. The van der Waals surface area contributed by atoms with Gasteiger partial charge in [-0.25, -0.2) is 0 Å². The molecule has 0 aliphatic carbocycles. The topological polar surface area (TPSA) is 78.7 Å². The van der Waals surface area contributed by atoms with Gasteiger partial charge in [0, 0.05) is 6.42 Å². The number of ether oxygens (including phenoxy) is 1. The van der Waals surface area contributed by atoms with E-state index >= 15 is 0 Å². The summed E-state index contributed by atoms with van der Waals surface area (Å²) in [4.78, 5) is 25.6. The third-order valence-corrected chi connectivity index (χ3v) is 1.68. The summed E-state index contributed by atoms with van der Waals surface area (Å²) in [6.45, 7) is 6.98. The molecule has 0 saturated carbocycles. The van der Waals surface area contributed by atoms with Crippen molar-refractivity contribution in [3.8, 4) is 0 Å². The van der Waals surface area contributed by atoms with Crippen molar-refractivity contribution in [2.24, 2.45) is 0 Å². The number of hydrogen-bond acceptors (Lipinski definition) is 5. The molecule has 1 unspecified atom stereocenters. The predicted molar refractivity (Wildman–Crippen MR) is 57.2 cm³/mol. The van der Waals surface area contributed by atoms with E-state index in [1.165, 1.54) is 0 Å². The first kappa shape index (κ1) is 14.7. The van der Waals surface area contributed by atoms with E-state index in [4.69, 9.17) is 4.74 Å². The third kappa shape index (κ3) is 9.23. The summed E-state index contributed by atoms with van der Waals surface area (Å²) in [6, 6.07) is 0. The highest BCUT2D eigenvalue weighted by atomic mass is 17.0. The van der Waals surface area contributed by atoms with Crippen LogP contribution < -0.4 is 0 Å². The highest BCUT2D eigenvalue weighted by Gasteiger charge is 2.16. The Morgan fingerprint density at radius 3 is 2.44 bits per heavy atom. The fourth-order valence-corrected chi connectivity index (χ4v) is 1.13. The molecule has 0 aliphatic heterocycles. The van der Waals surface area contributed by atoms with E-state index in [0.717, 1.165) is 0 Å². The van der Waals surface area contributed by atoms with E-state index in [-0.39, 0.29) is 12.4 Å². The maximum Gasteiger partial charge on any atom is 0.306 e. The highest BCUT2D eigenvalue weighted by molar-refractivity contribution is 5.69. The van der Waals surface area contributed by atoms with Crippen LogP contribution in [0.15, 0.2) is 0 Å². The lowest BCUT2D eigenvalue weighted by Gasteiger charge is -2.19. The van der Waals surface area contributed by atoms with Crippen molar-refractivity contribution in [2.75, 3.05) is 0 Å². The number of nitrogens with zero attached hydrogens (tertiary/aromatic N) is 1. The average Bonchev–Trinajstić information content (AvgIpc) is 1.98. The van der Waals surface area contributed by atoms with Gasteiger partial charge in [-0.2, -0.15) is 0 Å². The molecule has 16 heavy (non-hydrogen) atoms. The SMILES string of the molecule is CC(CCCC(=O)OC(C)(C)C)O[N+](=O)[O-]. The second-order valence-electron chi connectivity index (χ2n) is 4.62. The van der Waals surface area contributed by atoms with Gasteiger partial charge in [0.05, 0.1) is 0 Å². The van der Waals surface area contributed by atoms with Crippen molar-refractivity contribution < 1.29 is 19.5 Å². The maximum absolute atomic E-state index is 11.3. The number of esters is 1. The largest absolute Gasteiger partial charge is 0.460 e. The summed E-state index contributed by atoms with van der Waals surface area (Å²) in [7, 11) is 0. The van der Waals surface area contributed by atoms with Crippen LogP contribution in [0.5, 0.6) is 0 Å². The van der Waals surface area contributed by atoms with Crippen LogP contribution >= 0.6 is 0 Å². The van der Waals surface area contributed by atoms with Crippen molar-refractivity contribution in [3.05, 3.63) is 10.1 Å².